The van der Waals surface area contributed by atoms with Crippen molar-refractivity contribution in [1.29, 1.82) is 0 Å². The molecule has 2 amide bonds. The number of rotatable bonds is 10. The first-order valence-electron chi connectivity index (χ1n) is 13.8. The van der Waals surface area contributed by atoms with E-state index in [1.807, 2.05) is 93.6 Å². The number of carbonyl (C=O) groups is 2. The minimum absolute atomic E-state index is 0.0319. The molecule has 9 heteroatoms. The van der Waals surface area contributed by atoms with Crippen LogP contribution in [0, 0.1) is 0 Å². The van der Waals surface area contributed by atoms with Gasteiger partial charge in [-0.15, -0.1) is 0 Å². The van der Waals surface area contributed by atoms with E-state index in [2.05, 4.69) is 21.1 Å². The van der Waals surface area contributed by atoms with Gasteiger partial charge in [0, 0.05) is 18.4 Å². The predicted octanol–water partition coefficient (Wildman–Crippen LogP) is 7.31. The number of aromatic nitrogens is 1. The second-order valence-corrected chi connectivity index (χ2v) is 12.1. The maximum Gasteiger partial charge on any atom is 0.416 e. The van der Waals surface area contributed by atoms with Gasteiger partial charge in [-0.25, -0.2) is 9.69 Å². The van der Waals surface area contributed by atoms with Crippen molar-refractivity contribution in [3.63, 3.8) is 0 Å². The molecule has 1 saturated heterocycles. The van der Waals surface area contributed by atoms with E-state index in [1.165, 1.54) is 11.2 Å². The third-order valence-corrected chi connectivity index (χ3v) is 7.46. The lowest BCUT2D eigenvalue weighted by atomic mass is 9.91. The van der Waals surface area contributed by atoms with Gasteiger partial charge in [-0.3, -0.25) is 4.79 Å². The molecule has 1 aromatic heterocycles. The van der Waals surface area contributed by atoms with Crippen molar-refractivity contribution in [1.82, 2.24) is 10.1 Å². The fourth-order valence-electron chi connectivity index (χ4n) is 4.88. The first-order valence-corrected chi connectivity index (χ1v) is 14.6. The number of carbonyl (C=O) groups excluding carboxylic acids is 2. The molecule has 2 atom stereocenters. The maximum absolute atomic E-state index is 13.5. The highest BCUT2D eigenvalue weighted by atomic mass is 79.9. The van der Waals surface area contributed by atoms with Gasteiger partial charge in [-0.05, 0) is 84.1 Å². The molecule has 0 radical (unpaired) electrons. The van der Waals surface area contributed by atoms with Gasteiger partial charge in [0.25, 0.3) is 0 Å². The summed E-state index contributed by atoms with van der Waals surface area (Å²) in [6.45, 7) is 6.56. The summed E-state index contributed by atoms with van der Waals surface area (Å²) in [6, 6.07) is 24.5. The molecular formula is C33H33BrN2O6. The Bertz CT molecular complexity index is 1500. The van der Waals surface area contributed by atoms with E-state index in [9.17, 15) is 9.59 Å². The number of hydrogen-bond acceptors (Lipinski definition) is 7. The van der Waals surface area contributed by atoms with Crippen LogP contribution in [0.2, 0.25) is 0 Å². The van der Waals surface area contributed by atoms with Crippen LogP contribution < -0.4 is 9.47 Å². The van der Waals surface area contributed by atoms with E-state index in [0.717, 1.165) is 26.9 Å². The van der Waals surface area contributed by atoms with E-state index in [0.29, 0.717) is 24.5 Å². The van der Waals surface area contributed by atoms with Crippen molar-refractivity contribution in [2.45, 2.75) is 57.8 Å². The molecule has 0 aliphatic carbocycles. The van der Waals surface area contributed by atoms with Crippen LogP contribution in [0.3, 0.4) is 0 Å². The Morgan fingerprint density at radius 1 is 1.05 bits per heavy atom. The summed E-state index contributed by atoms with van der Waals surface area (Å²) in [5.74, 6) is 0.720. The monoisotopic (exact) mass is 632 g/mol. The second-order valence-electron chi connectivity index (χ2n) is 11.2. The molecule has 42 heavy (non-hydrogen) atoms. The Balaban J connectivity index is 1.26. The van der Waals surface area contributed by atoms with E-state index in [1.54, 1.807) is 6.07 Å². The van der Waals surface area contributed by atoms with E-state index in [4.69, 9.17) is 18.7 Å². The molecule has 1 aliphatic rings. The van der Waals surface area contributed by atoms with Crippen LogP contribution in [-0.4, -0.2) is 40.3 Å². The van der Waals surface area contributed by atoms with Gasteiger partial charge in [0.15, 0.2) is 0 Å². The number of hydrogen-bond donors (Lipinski definition) is 0. The van der Waals surface area contributed by atoms with Crippen LogP contribution in [0.4, 0.5) is 4.79 Å². The van der Waals surface area contributed by atoms with Gasteiger partial charge >= 0.3 is 6.09 Å². The number of halogens is 1. The first-order chi connectivity index (χ1) is 20.2. The Kier molecular flexibility index (Phi) is 8.97. The van der Waals surface area contributed by atoms with Gasteiger partial charge in [-0.2, -0.15) is 0 Å². The number of benzene rings is 3. The zero-order chi connectivity index (χ0) is 29.7. The van der Waals surface area contributed by atoms with Crippen LogP contribution in [0.15, 0.2) is 94.1 Å². The van der Waals surface area contributed by atoms with Crippen molar-refractivity contribution in [3.8, 4) is 11.5 Å². The lowest BCUT2D eigenvalue weighted by molar-refractivity contribution is -0.129. The Hall–Kier alpha value is -4.11. The zero-order valence-electron chi connectivity index (χ0n) is 23.8. The summed E-state index contributed by atoms with van der Waals surface area (Å²) in [4.78, 5) is 27.3. The first kappa shape index (κ1) is 29.4. The zero-order valence-corrected chi connectivity index (χ0v) is 25.4. The number of amides is 2. The topological polar surface area (TPSA) is 91.1 Å². The van der Waals surface area contributed by atoms with Crippen molar-refractivity contribution < 1.29 is 28.3 Å². The van der Waals surface area contributed by atoms with Gasteiger partial charge in [-0.1, -0.05) is 53.7 Å². The van der Waals surface area contributed by atoms with E-state index >= 15 is 0 Å². The maximum atomic E-state index is 13.5. The molecular weight excluding hydrogens is 600 g/mol. The Morgan fingerprint density at radius 3 is 2.48 bits per heavy atom. The smallest absolute Gasteiger partial charge is 0.416 e. The van der Waals surface area contributed by atoms with Crippen molar-refractivity contribution in [2.24, 2.45) is 0 Å². The number of cyclic esters (lactones) is 1. The summed E-state index contributed by atoms with van der Waals surface area (Å²) < 4.78 is 23.2. The number of nitrogens with zero attached hydrogens (tertiary/aromatic N) is 2. The lowest BCUT2D eigenvalue weighted by Gasteiger charge is -2.22. The van der Waals surface area contributed by atoms with Crippen molar-refractivity contribution in [2.75, 3.05) is 6.61 Å². The highest BCUT2D eigenvalue weighted by molar-refractivity contribution is 9.10. The molecule has 0 spiro atoms. The van der Waals surface area contributed by atoms with Crippen LogP contribution in [0.25, 0.3) is 0 Å². The number of imide groups is 1. The third kappa shape index (κ3) is 7.39. The Morgan fingerprint density at radius 2 is 1.81 bits per heavy atom. The molecule has 1 fully saturated rings. The molecule has 1 aliphatic heterocycles. The molecule has 3 aromatic carbocycles. The molecule has 2 heterocycles. The summed E-state index contributed by atoms with van der Waals surface area (Å²) in [5, 5.41) is 4.11. The fraction of sp³-hybridized carbons (Fsp3) is 0.303. The lowest BCUT2D eigenvalue weighted by Crippen LogP contribution is -2.40. The molecule has 8 nitrogen and oxygen atoms in total. The van der Waals surface area contributed by atoms with Crippen LogP contribution >= 0.6 is 15.9 Å². The predicted molar refractivity (Wildman–Crippen MR) is 160 cm³/mol. The highest BCUT2D eigenvalue weighted by Gasteiger charge is 2.39. The average molecular weight is 634 g/mol. The number of ether oxygens (including phenoxy) is 3. The molecule has 4 aromatic rings. The summed E-state index contributed by atoms with van der Waals surface area (Å²) >= 11 is 3.58. The van der Waals surface area contributed by atoms with Gasteiger partial charge in [0.2, 0.25) is 5.91 Å². The highest BCUT2D eigenvalue weighted by Crippen LogP contribution is 2.32. The van der Waals surface area contributed by atoms with E-state index in [-0.39, 0.29) is 30.6 Å². The molecule has 5 rings (SSSR count). The largest absolute Gasteiger partial charge is 0.489 e. The normalized spacial score (nSPS) is 15.8. The Labute approximate surface area is 253 Å². The fourth-order valence-corrected chi connectivity index (χ4v) is 5.39. The standard InChI is InChI=1S/C33H33BrN2O6/c1-33(2,3)42-30-14-9-23(18-28(30)34)20-39-26-12-10-24(11-13-26)27(29-15-16-41-35-29)19-31(37)36-25(21-40-32(36)38)17-22-7-5-4-6-8-22/h4-16,18,25,27H,17,19-21H2,1-3H3. The van der Waals surface area contributed by atoms with Crippen LogP contribution in [0.5, 0.6) is 11.5 Å². The molecule has 2 unspecified atom stereocenters. The quantitative estimate of drug-likeness (QED) is 0.181. The minimum Gasteiger partial charge on any atom is -0.489 e. The van der Waals surface area contributed by atoms with Crippen molar-refractivity contribution >= 4 is 27.9 Å². The summed E-state index contributed by atoms with van der Waals surface area (Å²) in [6.07, 6.45) is 1.42. The van der Waals surface area contributed by atoms with Crippen LogP contribution in [-0.2, 0) is 22.6 Å². The van der Waals surface area contributed by atoms with Gasteiger partial charge < -0.3 is 18.7 Å². The summed E-state index contributed by atoms with van der Waals surface area (Å²) in [5.41, 5.74) is 3.18. The third-order valence-electron chi connectivity index (χ3n) is 6.84. The minimum atomic E-state index is -0.617. The summed E-state index contributed by atoms with van der Waals surface area (Å²) in [7, 11) is 0. The average Bonchev–Trinajstić information content (AvgIpc) is 3.62. The SMILES string of the molecule is CC(C)(C)Oc1ccc(COc2ccc(C(CC(=O)N3C(=O)OCC3Cc3ccccc3)c3ccon3)cc2)cc1Br. The molecule has 218 valence electrons. The van der Waals surface area contributed by atoms with Crippen LogP contribution in [0.1, 0.15) is 55.5 Å². The molecule has 0 bridgehead atoms. The van der Waals surface area contributed by atoms with Gasteiger partial charge in [0.1, 0.15) is 36.6 Å². The second kappa shape index (κ2) is 12.8. The molecule has 0 saturated carbocycles. The van der Waals surface area contributed by atoms with E-state index < -0.39 is 12.0 Å². The molecule has 0 N–H and O–H groups in total. The van der Waals surface area contributed by atoms with Gasteiger partial charge in [0.05, 0.1) is 16.2 Å². The van der Waals surface area contributed by atoms with Crippen molar-refractivity contribution in [3.05, 3.63) is 112 Å².